The van der Waals surface area contributed by atoms with E-state index < -0.39 is 97.5 Å². The summed E-state index contributed by atoms with van der Waals surface area (Å²) in [6.07, 6.45) is 71.2. The highest BCUT2D eigenvalue weighted by Crippen LogP contribution is 2.45. The Bertz CT molecular complexity index is 2200. The molecule has 0 saturated heterocycles. The lowest BCUT2D eigenvalue weighted by atomic mass is 10.1. The summed E-state index contributed by atoms with van der Waals surface area (Å²) in [6, 6.07) is 0. The first-order chi connectivity index (χ1) is 46.7. The Hall–Kier alpha value is -4.02. The van der Waals surface area contributed by atoms with Gasteiger partial charge in [-0.3, -0.25) is 37.3 Å². The van der Waals surface area contributed by atoms with Crippen LogP contribution in [0.1, 0.15) is 310 Å². The molecule has 0 spiro atoms. The molecule has 0 bridgehead atoms. The van der Waals surface area contributed by atoms with Gasteiger partial charge in [-0.05, 0) is 135 Å². The molecule has 0 radical (unpaired) electrons. The Morgan fingerprint density at radius 2 is 0.552 bits per heavy atom. The third kappa shape index (κ3) is 68.5. The van der Waals surface area contributed by atoms with E-state index in [0.29, 0.717) is 25.7 Å². The summed E-state index contributed by atoms with van der Waals surface area (Å²) in [5.41, 5.74) is 0. The number of rotatable bonds is 70. The van der Waals surface area contributed by atoms with Crippen molar-refractivity contribution in [2.45, 2.75) is 329 Å². The molecule has 0 aromatic rings. The van der Waals surface area contributed by atoms with Crippen LogP contribution in [0, 0.1) is 0 Å². The lowest BCUT2D eigenvalue weighted by Gasteiger charge is -2.21. The lowest BCUT2D eigenvalue weighted by Crippen LogP contribution is -2.30. The van der Waals surface area contributed by atoms with Crippen LogP contribution in [0.4, 0.5) is 0 Å². The van der Waals surface area contributed by atoms with Crippen molar-refractivity contribution >= 4 is 39.5 Å². The molecular formula is C77H134O17P2. The fourth-order valence-electron chi connectivity index (χ4n) is 9.81. The number of allylic oxidation sites excluding steroid dienone is 16. The molecular weight excluding hydrogens is 1260 g/mol. The average Bonchev–Trinajstić information content (AvgIpc) is 1.11. The van der Waals surface area contributed by atoms with Gasteiger partial charge in [-0.15, -0.1) is 0 Å². The van der Waals surface area contributed by atoms with Crippen LogP contribution >= 0.6 is 15.6 Å². The molecule has 5 unspecified atom stereocenters. The van der Waals surface area contributed by atoms with Crippen LogP contribution < -0.4 is 0 Å². The maximum absolute atomic E-state index is 13.1. The van der Waals surface area contributed by atoms with E-state index in [4.69, 9.17) is 37.0 Å². The summed E-state index contributed by atoms with van der Waals surface area (Å²) in [5.74, 6) is -2.22. The topological polar surface area (TPSA) is 237 Å². The fraction of sp³-hybridized carbons (Fsp3) is 0.740. The monoisotopic (exact) mass is 1390 g/mol. The van der Waals surface area contributed by atoms with Gasteiger partial charge in [-0.2, -0.15) is 0 Å². The Kier molecular flexibility index (Phi) is 66.6. The number of phosphoric ester groups is 2. The highest BCUT2D eigenvalue weighted by Gasteiger charge is 2.30. The number of hydrogen-bond acceptors (Lipinski definition) is 15. The summed E-state index contributed by atoms with van der Waals surface area (Å²) in [5, 5.41) is 10.6. The standard InChI is InChI=1S/C77H134O17P2/c1-5-9-13-17-21-25-29-32-35-38-42-45-49-53-57-61-74(79)87-67-72(93-76(81)63-59-55-51-47-41-28-24-20-16-12-8-4)69-91-95(83,84)89-65-71(78)66-90-96(85,86)92-70-73(94-77(82)64-60-56-52-48-44-40-37-34-31-27-23-19-15-11-7-3)68-88-75(80)62-58-54-50-46-43-39-36-33-30-26-22-18-14-10-6-2/h9-10,13-14,20-22,24-26,32-37,71-73,78H,5-8,11-12,15-19,23,27-31,38-70H2,1-4H3,(H,83,84)(H,85,86)/b13-9-,14-10-,24-20-,25-21-,26-22-,35-32-,36-33-,37-34-. The number of carbonyl (C=O) groups is 4. The van der Waals surface area contributed by atoms with Gasteiger partial charge in [0, 0.05) is 25.7 Å². The predicted molar refractivity (Wildman–Crippen MR) is 390 cm³/mol. The van der Waals surface area contributed by atoms with Gasteiger partial charge in [0.15, 0.2) is 12.2 Å². The molecule has 0 aliphatic rings. The van der Waals surface area contributed by atoms with Crippen molar-refractivity contribution in [2.75, 3.05) is 39.6 Å². The molecule has 0 aromatic carbocycles. The zero-order valence-electron chi connectivity index (χ0n) is 60.3. The minimum absolute atomic E-state index is 0.0801. The van der Waals surface area contributed by atoms with Crippen LogP contribution in [-0.2, 0) is 65.4 Å². The molecule has 554 valence electrons. The largest absolute Gasteiger partial charge is 0.472 e. The van der Waals surface area contributed by atoms with Crippen LogP contribution in [0.15, 0.2) is 97.2 Å². The Morgan fingerprint density at radius 1 is 0.302 bits per heavy atom. The molecule has 17 nitrogen and oxygen atoms in total. The van der Waals surface area contributed by atoms with Gasteiger partial charge in [0.05, 0.1) is 26.4 Å². The van der Waals surface area contributed by atoms with Crippen molar-refractivity contribution in [1.82, 2.24) is 0 Å². The van der Waals surface area contributed by atoms with Crippen molar-refractivity contribution in [3.63, 3.8) is 0 Å². The second-order valence-corrected chi connectivity index (χ2v) is 27.7. The molecule has 96 heavy (non-hydrogen) atoms. The number of carbonyl (C=O) groups excluding carboxylic acids is 4. The normalized spacial score (nSPS) is 14.5. The number of esters is 4. The molecule has 0 saturated carbocycles. The van der Waals surface area contributed by atoms with Gasteiger partial charge in [0.1, 0.15) is 19.3 Å². The van der Waals surface area contributed by atoms with Crippen LogP contribution in [0.5, 0.6) is 0 Å². The smallest absolute Gasteiger partial charge is 0.462 e. The molecule has 0 aliphatic heterocycles. The number of ether oxygens (including phenoxy) is 4. The molecule has 0 amide bonds. The van der Waals surface area contributed by atoms with Crippen molar-refractivity contribution in [3.8, 4) is 0 Å². The van der Waals surface area contributed by atoms with Gasteiger partial charge in [-0.1, -0.05) is 247 Å². The Labute approximate surface area is 582 Å². The van der Waals surface area contributed by atoms with Crippen molar-refractivity contribution in [2.24, 2.45) is 0 Å². The Balaban J connectivity index is 5.35. The summed E-state index contributed by atoms with van der Waals surface area (Å²) in [7, 11) is -9.95. The minimum Gasteiger partial charge on any atom is -0.462 e. The second-order valence-electron chi connectivity index (χ2n) is 24.8. The first kappa shape index (κ1) is 92.0. The zero-order valence-corrected chi connectivity index (χ0v) is 62.1. The van der Waals surface area contributed by atoms with E-state index in [1.165, 1.54) is 51.4 Å². The molecule has 0 rings (SSSR count). The maximum Gasteiger partial charge on any atom is 0.472 e. The number of aliphatic hydroxyl groups is 1. The van der Waals surface area contributed by atoms with Gasteiger partial charge in [-0.25, -0.2) is 9.13 Å². The minimum atomic E-state index is -4.98. The number of aliphatic hydroxyl groups excluding tert-OH is 1. The first-order valence-electron chi connectivity index (χ1n) is 37.5. The molecule has 0 aromatic heterocycles. The van der Waals surface area contributed by atoms with Gasteiger partial charge >= 0.3 is 39.5 Å². The highest BCUT2D eigenvalue weighted by atomic mass is 31.2. The van der Waals surface area contributed by atoms with Crippen molar-refractivity contribution < 1.29 is 80.2 Å². The van der Waals surface area contributed by atoms with Crippen LogP contribution in [0.2, 0.25) is 0 Å². The maximum atomic E-state index is 13.1. The SMILES string of the molecule is CC/C=C\C/C=C\C/C=C\CCCCCCCC(=O)OCC(COP(=O)(O)OCC(O)COP(=O)(O)OCC(COC(=O)CCCCCCC/C=C\C/C=C\C/C=C\CC)OC(=O)CCCCCCC/C=C\CCCCCCCC)OC(=O)CCCCCCC/C=C\CCCC. The van der Waals surface area contributed by atoms with Crippen LogP contribution in [-0.4, -0.2) is 96.7 Å². The Morgan fingerprint density at radius 3 is 0.875 bits per heavy atom. The molecule has 5 atom stereocenters. The molecule has 3 N–H and O–H groups in total. The van der Waals surface area contributed by atoms with E-state index in [-0.39, 0.29) is 25.7 Å². The summed E-state index contributed by atoms with van der Waals surface area (Å²) >= 11 is 0. The quantitative estimate of drug-likeness (QED) is 0.0169. The lowest BCUT2D eigenvalue weighted by molar-refractivity contribution is -0.161. The summed E-state index contributed by atoms with van der Waals surface area (Å²) < 4.78 is 68.4. The van der Waals surface area contributed by atoms with E-state index in [2.05, 4.69) is 125 Å². The van der Waals surface area contributed by atoms with E-state index in [9.17, 15) is 43.2 Å². The van der Waals surface area contributed by atoms with Gasteiger partial charge in [0.25, 0.3) is 0 Å². The first-order valence-corrected chi connectivity index (χ1v) is 40.5. The van der Waals surface area contributed by atoms with Gasteiger partial charge in [0.2, 0.25) is 0 Å². The van der Waals surface area contributed by atoms with E-state index in [1.54, 1.807) is 0 Å². The molecule has 19 heteroatoms. The van der Waals surface area contributed by atoms with Crippen LogP contribution in [0.3, 0.4) is 0 Å². The number of hydrogen-bond donors (Lipinski definition) is 3. The fourth-order valence-corrected chi connectivity index (χ4v) is 11.4. The van der Waals surface area contributed by atoms with Gasteiger partial charge < -0.3 is 33.8 Å². The number of unbranched alkanes of at least 4 members (excludes halogenated alkanes) is 28. The highest BCUT2D eigenvalue weighted by molar-refractivity contribution is 7.47. The zero-order chi connectivity index (χ0) is 70.4. The third-order valence-electron chi connectivity index (χ3n) is 15.5. The summed E-state index contributed by atoms with van der Waals surface area (Å²) in [4.78, 5) is 72.7. The van der Waals surface area contributed by atoms with Crippen molar-refractivity contribution in [1.29, 1.82) is 0 Å². The third-order valence-corrected chi connectivity index (χ3v) is 17.4. The molecule has 0 aliphatic carbocycles. The second kappa shape index (κ2) is 69.5. The molecule has 0 fully saturated rings. The van der Waals surface area contributed by atoms with E-state index >= 15 is 0 Å². The summed E-state index contributed by atoms with van der Waals surface area (Å²) in [6.45, 7) is 4.56. The van der Waals surface area contributed by atoms with Crippen LogP contribution in [0.25, 0.3) is 0 Å². The van der Waals surface area contributed by atoms with E-state index in [0.717, 1.165) is 180 Å². The van der Waals surface area contributed by atoms with E-state index in [1.807, 2.05) is 0 Å². The predicted octanol–water partition coefficient (Wildman–Crippen LogP) is 21.2. The van der Waals surface area contributed by atoms with Crippen molar-refractivity contribution in [3.05, 3.63) is 97.2 Å². The number of phosphoric acid groups is 2. The average molecular weight is 1390 g/mol. The molecule has 0 heterocycles.